The van der Waals surface area contributed by atoms with Crippen LogP contribution in [0.1, 0.15) is 24.5 Å². The summed E-state index contributed by atoms with van der Waals surface area (Å²) in [5, 5.41) is 3.44. The van der Waals surface area contributed by atoms with Crippen LogP contribution in [0.5, 0.6) is 0 Å². The first-order valence-electron chi connectivity index (χ1n) is 6.90. The Balaban J connectivity index is 1.93. The molecule has 1 unspecified atom stereocenters. The monoisotopic (exact) mass is 250 g/mol. The minimum absolute atomic E-state index is 0.134. The highest BCUT2D eigenvalue weighted by molar-refractivity contribution is 5.26. The second kappa shape index (κ2) is 6.30. The molecule has 1 aromatic carbocycles. The third-order valence-corrected chi connectivity index (χ3v) is 3.92. The molecule has 0 bridgehead atoms. The van der Waals surface area contributed by atoms with Gasteiger partial charge in [0.1, 0.15) is 5.82 Å². The van der Waals surface area contributed by atoms with Gasteiger partial charge < -0.3 is 5.32 Å². The van der Waals surface area contributed by atoms with Crippen LogP contribution in [0.4, 0.5) is 4.39 Å². The van der Waals surface area contributed by atoms with E-state index in [1.165, 1.54) is 12.0 Å². The van der Waals surface area contributed by atoms with Crippen LogP contribution in [0.3, 0.4) is 0 Å². The Morgan fingerprint density at radius 2 is 2.28 bits per heavy atom. The van der Waals surface area contributed by atoms with E-state index in [4.69, 9.17) is 0 Å². The molecule has 0 spiro atoms. The number of nitrogens with zero attached hydrogens (tertiary/aromatic N) is 1. The highest BCUT2D eigenvalue weighted by Crippen LogP contribution is 2.13. The number of aryl methyl sites for hydroxylation is 1. The Hall–Kier alpha value is -0.930. The fourth-order valence-electron chi connectivity index (χ4n) is 2.70. The highest BCUT2D eigenvalue weighted by atomic mass is 19.1. The Bertz CT molecular complexity index is 392. The van der Waals surface area contributed by atoms with Gasteiger partial charge in [-0.25, -0.2) is 4.39 Å². The SMILES string of the molecule is CCC1CNCCN1CCc1ccc(F)cc1C. The van der Waals surface area contributed by atoms with Crippen LogP contribution in [0.15, 0.2) is 18.2 Å². The zero-order chi connectivity index (χ0) is 13.0. The van der Waals surface area contributed by atoms with Crippen molar-refractivity contribution in [3.8, 4) is 0 Å². The predicted octanol–water partition coefficient (Wildman–Crippen LogP) is 2.36. The number of rotatable bonds is 4. The summed E-state index contributed by atoms with van der Waals surface area (Å²) in [6.07, 6.45) is 2.21. The Kier molecular flexibility index (Phi) is 4.72. The largest absolute Gasteiger partial charge is 0.314 e. The molecule has 18 heavy (non-hydrogen) atoms. The average molecular weight is 250 g/mol. The van der Waals surface area contributed by atoms with Crippen molar-refractivity contribution in [2.24, 2.45) is 0 Å². The summed E-state index contributed by atoms with van der Waals surface area (Å²) in [6.45, 7) is 8.62. The molecule has 1 aromatic rings. The maximum Gasteiger partial charge on any atom is 0.123 e. The first-order chi connectivity index (χ1) is 8.70. The van der Waals surface area contributed by atoms with Gasteiger partial charge in [-0.05, 0) is 43.0 Å². The standard InChI is InChI=1S/C15H23FN2/c1-3-15-11-17-7-9-18(15)8-6-13-4-5-14(16)10-12(13)2/h4-5,10,15,17H,3,6-9,11H2,1-2H3. The fraction of sp³-hybridized carbons (Fsp3) is 0.600. The number of piperazine rings is 1. The van der Waals surface area contributed by atoms with Gasteiger partial charge in [-0.1, -0.05) is 13.0 Å². The summed E-state index contributed by atoms with van der Waals surface area (Å²) in [5.41, 5.74) is 2.34. The van der Waals surface area contributed by atoms with Crippen molar-refractivity contribution < 1.29 is 4.39 Å². The first kappa shape index (κ1) is 13.5. The average Bonchev–Trinajstić information content (AvgIpc) is 2.38. The van der Waals surface area contributed by atoms with E-state index in [9.17, 15) is 4.39 Å². The fourth-order valence-corrected chi connectivity index (χ4v) is 2.70. The van der Waals surface area contributed by atoms with Crippen molar-refractivity contribution in [3.63, 3.8) is 0 Å². The number of nitrogens with one attached hydrogen (secondary N) is 1. The second-order valence-corrected chi connectivity index (χ2v) is 5.12. The minimum Gasteiger partial charge on any atom is -0.314 e. The van der Waals surface area contributed by atoms with Crippen LogP contribution in [-0.2, 0) is 6.42 Å². The smallest absolute Gasteiger partial charge is 0.123 e. The number of halogens is 1. The molecule has 100 valence electrons. The number of hydrogen-bond donors (Lipinski definition) is 1. The van der Waals surface area contributed by atoms with Crippen molar-refractivity contribution in [2.45, 2.75) is 32.7 Å². The molecule has 0 radical (unpaired) electrons. The van der Waals surface area contributed by atoms with Crippen LogP contribution in [0.25, 0.3) is 0 Å². The zero-order valence-corrected chi connectivity index (χ0v) is 11.4. The van der Waals surface area contributed by atoms with Crippen molar-refractivity contribution >= 4 is 0 Å². The van der Waals surface area contributed by atoms with Gasteiger partial charge in [-0.15, -0.1) is 0 Å². The summed E-state index contributed by atoms with van der Waals surface area (Å²) in [5.74, 6) is -0.134. The number of hydrogen-bond acceptors (Lipinski definition) is 2. The van der Waals surface area contributed by atoms with Gasteiger partial charge >= 0.3 is 0 Å². The quantitative estimate of drug-likeness (QED) is 0.882. The molecule has 1 heterocycles. The van der Waals surface area contributed by atoms with Crippen molar-refractivity contribution in [2.75, 3.05) is 26.2 Å². The molecule has 0 saturated carbocycles. The predicted molar refractivity (Wildman–Crippen MR) is 73.4 cm³/mol. The van der Waals surface area contributed by atoms with E-state index in [0.29, 0.717) is 6.04 Å². The summed E-state index contributed by atoms with van der Waals surface area (Å²) in [6, 6.07) is 5.77. The lowest BCUT2D eigenvalue weighted by molar-refractivity contribution is 0.159. The second-order valence-electron chi connectivity index (χ2n) is 5.12. The zero-order valence-electron chi connectivity index (χ0n) is 11.4. The van der Waals surface area contributed by atoms with Gasteiger partial charge in [0.2, 0.25) is 0 Å². The maximum absolute atomic E-state index is 13.0. The highest BCUT2D eigenvalue weighted by Gasteiger charge is 2.19. The molecule has 1 aliphatic rings. The molecule has 1 fully saturated rings. The van der Waals surface area contributed by atoms with Gasteiger partial charge in [-0.3, -0.25) is 4.90 Å². The van der Waals surface area contributed by atoms with Crippen LogP contribution in [0.2, 0.25) is 0 Å². The van der Waals surface area contributed by atoms with Crippen LogP contribution in [0, 0.1) is 12.7 Å². The summed E-state index contributed by atoms with van der Waals surface area (Å²) < 4.78 is 13.0. The molecule has 2 nitrogen and oxygen atoms in total. The van der Waals surface area contributed by atoms with Gasteiger partial charge in [0.15, 0.2) is 0 Å². The minimum atomic E-state index is -0.134. The molecule has 3 heteroatoms. The normalized spacial score (nSPS) is 21.2. The van der Waals surface area contributed by atoms with E-state index < -0.39 is 0 Å². The molecular weight excluding hydrogens is 227 g/mol. The molecule has 1 N–H and O–H groups in total. The van der Waals surface area contributed by atoms with E-state index in [1.54, 1.807) is 12.1 Å². The molecule has 1 saturated heterocycles. The Morgan fingerprint density at radius 3 is 3.00 bits per heavy atom. The topological polar surface area (TPSA) is 15.3 Å². The van der Waals surface area contributed by atoms with Gasteiger partial charge in [-0.2, -0.15) is 0 Å². The summed E-state index contributed by atoms with van der Waals surface area (Å²) in [7, 11) is 0. The molecule has 2 rings (SSSR count). The van der Waals surface area contributed by atoms with E-state index in [2.05, 4.69) is 17.1 Å². The lowest BCUT2D eigenvalue weighted by Crippen LogP contribution is -2.51. The Labute approximate surface area is 109 Å². The van der Waals surface area contributed by atoms with Gasteiger partial charge in [0, 0.05) is 32.2 Å². The lowest BCUT2D eigenvalue weighted by Gasteiger charge is -2.35. The van der Waals surface area contributed by atoms with Crippen molar-refractivity contribution in [3.05, 3.63) is 35.1 Å². The van der Waals surface area contributed by atoms with E-state index in [0.717, 1.165) is 38.2 Å². The molecule has 1 atom stereocenters. The van der Waals surface area contributed by atoms with Crippen LogP contribution >= 0.6 is 0 Å². The molecule has 0 amide bonds. The molecule has 0 aromatic heterocycles. The third kappa shape index (κ3) is 3.30. The van der Waals surface area contributed by atoms with E-state index in [-0.39, 0.29) is 5.82 Å². The van der Waals surface area contributed by atoms with Crippen molar-refractivity contribution in [1.82, 2.24) is 10.2 Å². The number of benzene rings is 1. The van der Waals surface area contributed by atoms with E-state index in [1.807, 2.05) is 13.0 Å². The first-order valence-corrected chi connectivity index (χ1v) is 6.90. The summed E-state index contributed by atoms with van der Waals surface area (Å²) >= 11 is 0. The molecular formula is C15H23FN2. The summed E-state index contributed by atoms with van der Waals surface area (Å²) in [4.78, 5) is 2.55. The lowest BCUT2D eigenvalue weighted by atomic mass is 10.0. The van der Waals surface area contributed by atoms with Crippen LogP contribution in [-0.4, -0.2) is 37.1 Å². The van der Waals surface area contributed by atoms with E-state index >= 15 is 0 Å². The van der Waals surface area contributed by atoms with Crippen molar-refractivity contribution in [1.29, 1.82) is 0 Å². The molecule has 1 aliphatic heterocycles. The third-order valence-electron chi connectivity index (χ3n) is 3.92. The van der Waals surface area contributed by atoms with Crippen LogP contribution < -0.4 is 5.32 Å². The maximum atomic E-state index is 13.0. The Morgan fingerprint density at radius 1 is 1.44 bits per heavy atom. The molecule has 0 aliphatic carbocycles. The van der Waals surface area contributed by atoms with Gasteiger partial charge in [0.05, 0.1) is 0 Å². The van der Waals surface area contributed by atoms with Gasteiger partial charge in [0.25, 0.3) is 0 Å².